The third-order valence-corrected chi connectivity index (χ3v) is 9.81. The van der Waals surface area contributed by atoms with Crippen molar-refractivity contribution in [3.63, 3.8) is 0 Å². The first-order valence-corrected chi connectivity index (χ1v) is 16.4. The number of rotatable bonds is 2. The van der Waals surface area contributed by atoms with Crippen molar-refractivity contribution in [2.45, 2.75) is 11.8 Å². The fraction of sp³-hybridized carbons (Fsp3) is 0.0256. The number of hydrogen-bond donors (Lipinski definition) is 1. The van der Waals surface area contributed by atoms with Crippen LogP contribution < -0.4 is 29.6 Å². The molecule has 0 bridgehead atoms. The monoisotopic (exact) mass is 646 g/mol. The van der Waals surface area contributed by atoms with Gasteiger partial charge in [-0.15, -0.1) is 0 Å². The van der Waals surface area contributed by atoms with Crippen LogP contribution in [0, 0.1) is 6.92 Å². The Morgan fingerprint density at radius 2 is 0.870 bits per heavy atom. The Balaban J connectivity index is 0.000000126. The predicted molar refractivity (Wildman–Crippen MR) is 191 cm³/mol. The van der Waals surface area contributed by atoms with E-state index in [-0.39, 0.29) is 34.5 Å². The first-order chi connectivity index (χ1) is 21.9. The van der Waals surface area contributed by atoms with Gasteiger partial charge in [0, 0.05) is 26.7 Å². The van der Waals surface area contributed by atoms with Gasteiger partial charge in [0.1, 0.15) is 10.0 Å². The van der Waals surface area contributed by atoms with E-state index in [4.69, 9.17) is 11.8 Å². The molecule has 0 atom stereocenters. The van der Waals surface area contributed by atoms with E-state index in [0.717, 1.165) is 5.56 Å². The Labute approximate surface area is 294 Å². The quantitative estimate of drug-likeness (QED) is 0.117. The van der Waals surface area contributed by atoms with Crippen LogP contribution in [0.3, 0.4) is 0 Å². The second kappa shape index (κ2) is 13.4. The predicted octanol–water partition coefficient (Wildman–Crippen LogP) is 8.27. The molecule has 1 heterocycles. The van der Waals surface area contributed by atoms with Gasteiger partial charge < -0.3 is 9.23 Å². The average molecular weight is 647 g/mol. The van der Waals surface area contributed by atoms with E-state index < -0.39 is 10.0 Å². The molecule has 0 aliphatic carbocycles. The molecule has 0 spiro atoms. The molecule has 0 saturated heterocycles. The zero-order valence-corrected chi connectivity index (χ0v) is 29.0. The van der Waals surface area contributed by atoms with Gasteiger partial charge >= 0.3 is 29.6 Å². The number of aromatic amines is 1. The van der Waals surface area contributed by atoms with E-state index in [0.29, 0.717) is 0 Å². The number of aromatic nitrogens is 1. The summed E-state index contributed by atoms with van der Waals surface area (Å²) in [6.45, 7) is 1.87. The van der Waals surface area contributed by atoms with Crippen LogP contribution in [0.25, 0.3) is 69.1 Å². The molecule has 46 heavy (non-hydrogen) atoms. The van der Waals surface area contributed by atoms with E-state index in [1.165, 1.54) is 77.0 Å². The Hall–Kier alpha value is -3.94. The molecule has 0 fully saturated rings. The van der Waals surface area contributed by atoms with Crippen LogP contribution in [-0.4, -0.2) is 13.4 Å². The third kappa shape index (κ3) is 5.98. The third-order valence-electron chi connectivity index (χ3n) is 8.21. The van der Waals surface area contributed by atoms with Crippen molar-refractivity contribution in [2.24, 2.45) is 0 Å². The summed E-state index contributed by atoms with van der Waals surface area (Å²) in [5, 5.41) is 13.5. The van der Waals surface area contributed by atoms with E-state index in [9.17, 15) is 8.42 Å². The summed E-state index contributed by atoms with van der Waals surface area (Å²) in [5.41, 5.74) is 3.41. The second-order valence-electron chi connectivity index (χ2n) is 11.0. The fourth-order valence-corrected chi connectivity index (χ4v) is 6.93. The number of para-hydroxylation sites is 2. The number of nitrogens with zero attached hydrogens (tertiary/aromatic N) is 1. The Kier molecular flexibility index (Phi) is 9.34. The summed E-state index contributed by atoms with van der Waals surface area (Å²) in [6.07, 6.45) is 0. The van der Waals surface area contributed by atoms with Gasteiger partial charge in [0.05, 0.1) is 0 Å². The van der Waals surface area contributed by atoms with Crippen molar-refractivity contribution in [2.75, 3.05) is 0 Å². The number of H-pyrrole nitrogens is 1. The zero-order valence-electron chi connectivity index (χ0n) is 25.4. The smallest absolute Gasteiger partial charge is 0.458 e. The van der Waals surface area contributed by atoms with Crippen LogP contribution in [-0.2, 0) is 10.0 Å². The minimum absolute atomic E-state index is 0. The SMILES string of the molecule is Cc1ccc(S(=O)(=O)[N-]Cl)cc1.[Na+].c1cc2cccc3c4cccc5cccc(c(c1)c23)c54.c1ccc2c(c1)[nH]c1ccccc12. The van der Waals surface area contributed by atoms with Gasteiger partial charge in [-0.05, 0) is 74.3 Å². The van der Waals surface area contributed by atoms with Gasteiger partial charge in [0.2, 0.25) is 0 Å². The number of hydrogen-bond acceptors (Lipinski definition) is 2. The number of aryl methyl sites for hydroxylation is 1. The Morgan fingerprint density at radius 3 is 1.26 bits per heavy atom. The fourth-order valence-electron chi connectivity index (χ4n) is 6.13. The normalized spacial score (nSPS) is 11.3. The first kappa shape index (κ1) is 32.0. The molecule has 1 aromatic heterocycles. The number of halogens is 1. The van der Waals surface area contributed by atoms with Gasteiger partial charge in [-0.1, -0.05) is 127 Å². The van der Waals surface area contributed by atoms with Gasteiger partial charge in [0.25, 0.3) is 0 Å². The van der Waals surface area contributed by atoms with Gasteiger partial charge in [-0.3, -0.25) is 11.8 Å². The van der Waals surface area contributed by atoms with Crippen LogP contribution in [0.4, 0.5) is 0 Å². The molecule has 0 saturated carbocycles. The van der Waals surface area contributed by atoms with Gasteiger partial charge in [0.15, 0.2) is 0 Å². The molecule has 0 radical (unpaired) electrons. The number of nitrogens with one attached hydrogen (secondary N) is 1. The molecule has 7 heteroatoms. The molecule has 0 aliphatic heterocycles. The van der Waals surface area contributed by atoms with E-state index in [1.807, 2.05) is 6.92 Å². The Bertz CT molecular complexity index is 2340. The van der Waals surface area contributed by atoms with Crippen LogP contribution >= 0.6 is 11.8 Å². The van der Waals surface area contributed by atoms with Crippen molar-refractivity contribution < 1.29 is 38.0 Å². The summed E-state index contributed by atoms with van der Waals surface area (Å²) in [6, 6.07) is 49.5. The van der Waals surface area contributed by atoms with Crippen LogP contribution in [0.1, 0.15) is 5.56 Å². The summed E-state index contributed by atoms with van der Waals surface area (Å²) in [7, 11) is -3.62. The molecule has 0 aliphatic rings. The largest absolute Gasteiger partial charge is 1.00 e. The van der Waals surface area contributed by atoms with E-state index in [2.05, 4.69) is 131 Å². The van der Waals surface area contributed by atoms with Crippen molar-refractivity contribution in [3.8, 4) is 0 Å². The number of fused-ring (bicyclic) bond motifs is 5. The summed E-state index contributed by atoms with van der Waals surface area (Å²) >= 11 is 4.90. The minimum atomic E-state index is -3.62. The van der Waals surface area contributed by atoms with Crippen molar-refractivity contribution >= 4 is 86.7 Å². The van der Waals surface area contributed by atoms with Gasteiger partial charge in [-0.25, -0.2) is 8.42 Å². The van der Waals surface area contributed by atoms with Crippen molar-refractivity contribution in [3.05, 3.63) is 155 Å². The molecular weight excluding hydrogens is 619 g/mol. The van der Waals surface area contributed by atoms with E-state index in [1.54, 1.807) is 12.1 Å². The maximum atomic E-state index is 11.0. The van der Waals surface area contributed by atoms with E-state index >= 15 is 0 Å². The molecule has 1 N–H and O–H groups in total. The summed E-state index contributed by atoms with van der Waals surface area (Å²) in [4.78, 5) is 3.49. The first-order valence-electron chi connectivity index (χ1n) is 14.6. The molecule has 8 aromatic carbocycles. The zero-order chi connectivity index (χ0) is 31.0. The van der Waals surface area contributed by atoms with Crippen LogP contribution in [0.15, 0.2) is 150 Å². The average Bonchev–Trinajstić information content (AvgIpc) is 3.47. The molecular formula is C39H28ClN2NaO2S. The van der Waals surface area contributed by atoms with Crippen LogP contribution in [0.2, 0.25) is 0 Å². The maximum Gasteiger partial charge on any atom is 1.00 e. The number of benzene rings is 8. The number of sulfonamides is 1. The molecule has 4 nitrogen and oxygen atoms in total. The maximum absolute atomic E-state index is 11.0. The molecule has 9 rings (SSSR count). The molecule has 0 amide bonds. The summed E-state index contributed by atoms with van der Waals surface area (Å²) < 4.78 is 24.8. The Morgan fingerprint density at radius 1 is 0.500 bits per heavy atom. The van der Waals surface area contributed by atoms with Gasteiger partial charge in [-0.2, -0.15) is 0 Å². The second-order valence-corrected chi connectivity index (χ2v) is 13.0. The van der Waals surface area contributed by atoms with Crippen molar-refractivity contribution in [1.82, 2.24) is 4.98 Å². The summed E-state index contributed by atoms with van der Waals surface area (Å²) in [5.74, 6) is 0. The topological polar surface area (TPSA) is 64.0 Å². The molecule has 0 unspecified atom stereocenters. The van der Waals surface area contributed by atoms with Crippen LogP contribution in [0.5, 0.6) is 0 Å². The molecule has 220 valence electrons. The van der Waals surface area contributed by atoms with Crippen molar-refractivity contribution in [1.29, 1.82) is 0 Å². The standard InChI is InChI=1S/C20H12.C12H9N.C7H7ClNO2S.Na/c1-5-13-6-2-11-17-18-12-4-8-14-7-3-10-16(20(14)18)15(9-1)19(13)17;1-3-7-11-9(5-1)10-6-2-4-8-12(10)13-11;1-6-2-4-7(5-3-6)12(10,11)9-8;/h1-12H;1-8,13H;2-5H,1H3;/q;;-1;+1. The molecule has 9 aromatic rings. The minimum Gasteiger partial charge on any atom is -0.458 e.